The molecule has 1 aliphatic rings. The molecule has 0 radical (unpaired) electrons. The molecule has 1 aromatic rings. The van der Waals surface area contributed by atoms with Crippen LogP contribution in [0.5, 0.6) is 0 Å². The number of carbonyl (C=O) groups is 1. The number of nitrogens with zero attached hydrogens (tertiary/aromatic N) is 2. The molecule has 1 fully saturated rings. The van der Waals surface area contributed by atoms with Gasteiger partial charge in [-0.3, -0.25) is 0 Å². The number of piperidine rings is 1. The van der Waals surface area contributed by atoms with Crippen molar-refractivity contribution in [2.75, 3.05) is 19.6 Å². The molecule has 0 amide bonds. The molecule has 2 heterocycles. The van der Waals surface area contributed by atoms with Gasteiger partial charge in [-0.2, -0.15) is 0 Å². The molecule has 1 aromatic heterocycles. The maximum Gasteiger partial charge on any atom is 0.352 e. The van der Waals surface area contributed by atoms with Crippen LogP contribution < -0.4 is 0 Å². The minimum atomic E-state index is -0.842. The van der Waals surface area contributed by atoms with Gasteiger partial charge in [0.15, 0.2) is 0 Å². The van der Waals surface area contributed by atoms with E-state index in [4.69, 9.17) is 5.11 Å². The van der Waals surface area contributed by atoms with Crippen LogP contribution in [-0.2, 0) is 0 Å². The minimum absolute atomic E-state index is 0.314. The molecule has 0 atom stereocenters. The Morgan fingerprint density at radius 1 is 1.47 bits per heavy atom. The first-order valence-corrected chi connectivity index (χ1v) is 6.74. The van der Waals surface area contributed by atoms with Gasteiger partial charge in [0.1, 0.15) is 5.69 Å². The summed E-state index contributed by atoms with van der Waals surface area (Å²) in [4.78, 5) is 13.5. The van der Waals surface area contributed by atoms with Crippen LogP contribution in [0.15, 0.2) is 18.3 Å². The van der Waals surface area contributed by atoms with E-state index < -0.39 is 5.97 Å². The summed E-state index contributed by atoms with van der Waals surface area (Å²) in [6, 6.07) is 3.80. The monoisotopic (exact) mass is 260 g/mol. The molecule has 0 unspecified atom stereocenters. The average Bonchev–Trinajstić information content (AvgIpc) is 2.89. The average molecular weight is 260 g/mol. The van der Waals surface area contributed by atoms with Crippen molar-refractivity contribution < 1.29 is 9.90 Å². The fourth-order valence-corrected chi connectivity index (χ4v) is 2.65. The van der Waals surface area contributed by atoms with E-state index in [0.29, 0.717) is 11.7 Å². The lowest BCUT2D eigenvalue weighted by Gasteiger charge is -2.32. The Labute approximate surface area is 114 Å². The van der Waals surface area contributed by atoms with Crippen LogP contribution in [0.2, 0.25) is 0 Å². The van der Waals surface area contributed by atoms with Gasteiger partial charge in [-0.1, -0.05) is 0 Å². The van der Waals surface area contributed by atoms with Crippen LogP contribution in [0.3, 0.4) is 0 Å². The molecule has 0 saturated carbocycles. The predicted octanol–water partition coefficient (Wildman–Crippen LogP) is 2.24. The molecule has 0 bridgehead atoms. The second kappa shape index (κ2) is 6.44. The van der Waals surface area contributed by atoms with Gasteiger partial charge in [-0.15, -0.1) is 11.8 Å². The fourth-order valence-electron chi connectivity index (χ4n) is 2.65. The molecule has 4 heteroatoms. The molecule has 1 N–H and O–H groups in total. The molecule has 1 aliphatic heterocycles. The number of hydrogen-bond donors (Lipinski definition) is 1. The highest BCUT2D eigenvalue weighted by molar-refractivity contribution is 5.85. The van der Waals surface area contributed by atoms with Crippen LogP contribution in [0.25, 0.3) is 0 Å². The van der Waals surface area contributed by atoms with Crippen LogP contribution >= 0.6 is 0 Å². The lowest BCUT2D eigenvalue weighted by atomic mass is 10.0. The lowest BCUT2D eigenvalue weighted by molar-refractivity contribution is 0.0678. The first-order chi connectivity index (χ1) is 9.22. The Balaban J connectivity index is 1.90. The van der Waals surface area contributed by atoms with Crippen molar-refractivity contribution in [2.24, 2.45) is 0 Å². The number of carboxylic acid groups (broad SMARTS) is 1. The Morgan fingerprint density at radius 2 is 2.21 bits per heavy atom. The van der Waals surface area contributed by atoms with Crippen molar-refractivity contribution in [3.05, 3.63) is 24.0 Å². The zero-order valence-electron chi connectivity index (χ0n) is 11.3. The molecule has 4 nitrogen and oxygen atoms in total. The zero-order chi connectivity index (χ0) is 13.7. The summed E-state index contributed by atoms with van der Waals surface area (Å²) in [7, 11) is 0. The van der Waals surface area contributed by atoms with E-state index in [9.17, 15) is 4.79 Å². The largest absolute Gasteiger partial charge is 0.477 e. The van der Waals surface area contributed by atoms with Crippen molar-refractivity contribution in [3.63, 3.8) is 0 Å². The molecule has 1 saturated heterocycles. The molecule has 0 aliphatic carbocycles. The SMILES string of the molecule is CC#CCCN1CCC(n2cccc2C(=O)O)CC1. The number of carboxylic acids is 1. The molecule has 0 aromatic carbocycles. The highest BCUT2D eigenvalue weighted by Crippen LogP contribution is 2.24. The Morgan fingerprint density at radius 3 is 2.84 bits per heavy atom. The molecular formula is C15H20N2O2. The van der Waals surface area contributed by atoms with Crippen LogP contribution in [0.4, 0.5) is 0 Å². The summed E-state index contributed by atoms with van der Waals surface area (Å²) >= 11 is 0. The molecule has 19 heavy (non-hydrogen) atoms. The summed E-state index contributed by atoms with van der Waals surface area (Å²) in [6.07, 6.45) is 4.82. The molecule has 0 spiro atoms. The van der Waals surface area contributed by atoms with Gasteiger partial charge in [0.2, 0.25) is 0 Å². The molecule has 2 rings (SSSR count). The maximum absolute atomic E-state index is 11.1. The van der Waals surface area contributed by atoms with Gasteiger partial charge < -0.3 is 14.6 Å². The number of likely N-dealkylation sites (tertiary alicyclic amines) is 1. The zero-order valence-corrected chi connectivity index (χ0v) is 11.3. The van der Waals surface area contributed by atoms with E-state index in [1.54, 1.807) is 6.07 Å². The molecular weight excluding hydrogens is 240 g/mol. The van der Waals surface area contributed by atoms with Gasteiger partial charge in [0, 0.05) is 38.3 Å². The van der Waals surface area contributed by atoms with Crippen molar-refractivity contribution >= 4 is 5.97 Å². The van der Waals surface area contributed by atoms with Crippen molar-refractivity contribution in [2.45, 2.75) is 32.2 Å². The Kier molecular flexibility index (Phi) is 4.64. The summed E-state index contributed by atoms with van der Waals surface area (Å²) in [5.74, 6) is 5.15. The standard InChI is InChI=1S/C15H20N2O2/c1-2-3-4-9-16-11-7-13(8-12-16)17-10-5-6-14(17)15(18)19/h5-6,10,13H,4,7-9,11-12H2,1H3,(H,18,19). The quantitative estimate of drug-likeness (QED) is 0.844. The van der Waals surface area contributed by atoms with Gasteiger partial charge in [0.25, 0.3) is 0 Å². The van der Waals surface area contributed by atoms with Gasteiger partial charge in [-0.05, 0) is 31.9 Å². The second-order valence-corrected chi connectivity index (χ2v) is 4.86. The highest BCUT2D eigenvalue weighted by Gasteiger charge is 2.22. The summed E-state index contributed by atoms with van der Waals surface area (Å²) in [5.41, 5.74) is 0.398. The summed E-state index contributed by atoms with van der Waals surface area (Å²) in [5, 5.41) is 9.13. The van der Waals surface area contributed by atoms with E-state index in [-0.39, 0.29) is 0 Å². The number of aromatic carboxylic acids is 1. The number of rotatable bonds is 4. The van der Waals surface area contributed by atoms with Crippen LogP contribution in [0, 0.1) is 11.8 Å². The highest BCUT2D eigenvalue weighted by atomic mass is 16.4. The lowest BCUT2D eigenvalue weighted by Crippen LogP contribution is -2.35. The third-order valence-electron chi connectivity index (χ3n) is 3.68. The van der Waals surface area contributed by atoms with E-state index >= 15 is 0 Å². The predicted molar refractivity (Wildman–Crippen MR) is 74.2 cm³/mol. The fraction of sp³-hybridized carbons (Fsp3) is 0.533. The Hall–Kier alpha value is -1.73. The first kappa shape index (κ1) is 13.7. The van der Waals surface area contributed by atoms with E-state index in [0.717, 1.165) is 38.9 Å². The Bertz CT molecular complexity index is 488. The number of aromatic nitrogens is 1. The summed E-state index contributed by atoms with van der Waals surface area (Å²) < 4.78 is 1.91. The maximum atomic E-state index is 11.1. The van der Waals surface area contributed by atoms with Gasteiger partial charge in [0.05, 0.1) is 0 Å². The third-order valence-corrected chi connectivity index (χ3v) is 3.68. The second-order valence-electron chi connectivity index (χ2n) is 4.86. The smallest absolute Gasteiger partial charge is 0.352 e. The van der Waals surface area contributed by atoms with E-state index in [1.165, 1.54) is 0 Å². The first-order valence-electron chi connectivity index (χ1n) is 6.74. The van der Waals surface area contributed by atoms with Gasteiger partial charge in [-0.25, -0.2) is 4.79 Å². The van der Waals surface area contributed by atoms with E-state index in [2.05, 4.69) is 16.7 Å². The third kappa shape index (κ3) is 3.39. The van der Waals surface area contributed by atoms with Crippen molar-refractivity contribution in [1.29, 1.82) is 0 Å². The minimum Gasteiger partial charge on any atom is -0.477 e. The topological polar surface area (TPSA) is 45.5 Å². The summed E-state index contributed by atoms with van der Waals surface area (Å²) in [6.45, 7) is 4.93. The normalized spacial score (nSPS) is 16.9. The van der Waals surface area contributed by atoms with Crippen molar-refractivity contribution in [1.82, 2.24) is 9.47 Å². The van der Waals surface area contributed by atoms with Gasteiger partial charge >= 0.3 is 5.97 Å². The van der Waals surface area contributed by atoms with E-state index in [1.807, 2.05) is 23.8 Å². The van der Waals surface area contributed by atoms with Crippen molar-refractivity contribution in [3.8, 4) is 11.8 Å². The molecule has 102 valence electrons. The van der Waals surface area contributed by atoms with Crippen LogP contribution in [-0.4, -0.2) is 40.2 Å². The van der Waals surface area contributed by atoms with Crippen LogP contribution in [0.1, 0.15) is 42.7 Å². The number of hydrogen-bond acceptors (Lipinski definition) is 2.